The molecular weight excluding hydrogens is 495 g/mol. The Hall–Kier alpha value is -1.43. The summed E-state index contributed by atoms with van der Waals surface area (Å²) in [5, 5.41) is 11.9. The van der Waals surface area contributed by atoms with Crippen LogP contribution in [-0.4, -0.2) is 42.5 Å². The average Bonchev–Trinajstić information content (AvgIpc) is 2.79. The summed E-state index contributed by atoms with van der Waals surface area (Å²) in [7, 11) is -4.30. The molecule has 0 amide bonds. The molecule has 4 aliphatic heterocycles. The number of piperidine rings is 3. The van der Waals surface area contributed by atoms with Gasteiger partial charge in [-0.1, -0.05) is 12.1 Å². The first-order chi connectivity index (χ1) is 13.4. The molecule has 3 saturated heterocycles. The minimum Gasteiger partial charge on any atom is -0.387 e. The van der Waals surface area contributed by atoms with Gasteiger partial charge < -0.3 is 13.5 Å². The Kier molecular flexibility index (Phi) is 4.34. The molecule has 148 valence electrons. The number of hydrogen-bond donors (Lipinski definition) is 1. The lowest BCUT2D eigenvalue weighted by molar-refractivity contribution is -0.0448. The van der Waals surface area contributed by atoms with Crippen LogP contribution < -0.4 is 8.37 Å². The largest absolute Gasteiger partial charge is 0.501 e. The van der Waals surface area contributed by atoms with E-state index in [0.717, 1.165) is 25.9 Å². The van der Waals surface area contributed by atoms with E-state index in [0.29, 0.717) is 32.0 Å². The molecular formula is C19H19IN2O5S. The van der Waals surface area contributed by atoms with E-state index in [-0.39, 0.29) is 17.5 Å². The van der Waals surface area contributed by atoms with Gasteiger partial charge in [0.05, 0.1) is 17.0 Å². The molecule has 6 rings (SSSR count). The number of pyridine rings is 1. The van der Waals surface area contributed by atoms with Gasteiger partial charge in [-0.3, -0.25) is 4.90 Å². The summed E-state index contributed by atoms with van der Waals surface area (Å²) in [6.45, 7) is 5.71. The normalized spacial score (nSPS) is 31.1. The van der Waals surface area contributed by atoms with E-state index in [1.165, 1.54) is 0 Å². The number of nitrogens with zero attached hydrogens (tertiary/aromatic N) is 2. The molecule has 0 spiro atoms. The summed E-state index contributed by atoms with van der Waals surface area (Å²) < 4.78 is 35.3. The van der Waals surface area contributed by atoms with Gasteiger partial charge in [-0.25, -0.2) is 4.98 Å². The number of aromatic nitrogens is 1. The maximum absolute atomic E-state index is 12.3. The SMILES string of the molecule is C=C[C@@H]1CN2CC[C@H]1C[C@H]2[C@H](O)c1c2c(I)nc3cccc(c13)OS(=O)(=O)O2. The predicted molar refractivity (Wildman–Crippen MR) is 111 cm³/mol. The molecule has 4 bridgehead atoms. The first-order valence-corrected chi connectivity index (χ1v) is 11.6. The van der Waals surface area contributed by atoms with Gasteiger partial charge in [-0.15, -0.1) is 15.0 Å². The number of halogens is 1. The molecule has 4 aliphatic rings. The highest BCUT2D eigenvalue weighted by molar-refractivity contribution is 14.1. The van der Waals surface area contributed by atoms with Gasteiger partial charge in [-0.05, 0) is 65.9 Å². The first-order valence-electron chi connectivity index (χ1n) is 9.18. The van der Waals surface area contributed by atoms with E-state index in [1.54, 1.807) is 18.2 Å². The number of fused-ring (bicyclic) bond motifs is 4. The Bertz CT molecular complexity index is 1090. The summed E-state index contributed by atoms with van der Waals surface area (Å²) in [6, 6.07) is 4.90. The first kappa shape index (κ1) is 18.6. The molecule has 1 aromatic carbocycles. The lowest BCUT2D eigenvalue weighted by Crippen LogP contribution is -2.54. The minimum atomic E-state index is -4.30. The maximum atomic E-state index is 12.3. The van der Waals surface area contributed by atoms with Gasteiger partial charge in [0.2, 0.25) is 0 Å². The molecule has 1 unspecified atom stereocenters. The van der Waals surface area contributed by atoms with Gasteiger partial charge in [-0.2, -0.15) is 0 Å². The molecule has 9 heteroatoms. The molecule has 0 aliphatic carbocycles. The number of benzene rings is 1. The fraction of sp³-hybridized carbons (Fsp3) is 0.421. The summed E-state index contributed by atoms with van der Waals surface area (Å²) in [5.74, 6) is 1.10. The lowest BCUT2D eigenvalue weighted by Gasteiger charge is -2.50. The number of aliphatic hydroxyl groups excluding tert-OH is 1. The average molecular weight is 514 g/mol. The third-order valence-electron chi connectivity index (χ3n) is 6.12. The predicted octanol–water partition coefficient (Wildman–Crippen LogP) is 2.79. The number of rotatable bonds is 3. The smallest absolute Gasteiger partial charge is 0.387 e. The third-order valence-corrected chi connectivity index (χ3v) is 7.60. The maximum Gasteiger partial charge on any atom is 0.501 e. The van der Waals surface area contributed by atoms with Crippen molar-refractivity contribution < 1.29 is 21.9 Å². The van der Waals surface area contributed by atoms with Crippen LogP contribution in [0.2, 0.25) is 0 Å². The van der Waals surface area contributed by atoms with Gasteiger partial charge >= 0.3 is 10.4 Å². The fourth-order valence-corrected chi connectivity index (χ4v) is 6.40. The minimum absolute atomic E-state index is 0.0634. The van der Waals surface area contributed by atoms with Crippen molar-refractivity contribution in [3.63, 3.8) is 0 Å². The standard InChI is InChI=1S/C19H19IN2O5S/c1-2-10-9-22-7-6-11(10)8-13(22)17(23)16-15-12-4-3-5-14(15)26-28(24,25)27-18(16)19(20)21-12/h2-5,10-11,13,17,23H,1,6-9H2/t10-,11+,13+,17+/m1/s1. The highest BCUT2D eigenvalue weighted by atomic mass is 127. The highest BCUT2D eigenvalue weighted by Gasteiger charge is 2.44. The molecule has 5 atom stereocenters. The van der Waals surface area contributed by atoms with E-state index in [1.807, 2.05) is 28.7 Å². The fourth-order valence-electron chi connectivity index (χ4n) is 4.82. The van der Waals surface area contributed by atoms with E-state index < -0.39 is 16.5 Å². The van der Waals surface area contributed by atoms with Crippen molar-refractivity contribution in [3.8, 4) is 11.5 Å². The molecule has 7 nitrogen and oxygen atoms in total. The van der Waals surface area contributed by atoms with Gasteiger partial charge in [0.25, 0.3) is 0 Å². The molecule has 0 saturated carbocycles. The summed E-state index contributed by atoms with van der Waals surface area (Å²) in [6.07, 6.45) is 3.00. The van der Waals surface area contributed by atoms with Gasteiger partial charge in [0.1, 0.15) is 3.70 Å². The van der Waals surface area contributed by atoms with Crippen molar-refractivity contribution in [1.82, 2.24) is 9.88 Å². The lowest BCUT2D eigenvalue weighted by atomic mass is 9.73. The second-order valence-electron chi connectivity index (χ2n) is 7.56. The van der Waals surface area contributed by atoms with Crippen LogP contribution in [0.5, 0.6) is 11.5 Å². The molecule has 0 radical (unpaired) electrons. The van der Waals surface area contributed by atoms with Gasteiger partial charge in [0.15, 0.2) is 11.5 Å². The molecule has 1 N–H and O–H groups in total. The molecule has 2 aromatic rings. The van der Waals surface area contributed by atoms with Crippen LogP contribution in [0.1, 0.15) is 24.5 Å². The van der Waals surface area contributed by atoms with Crippen LogP contribution in [0, 0.1) is 15.5 Å². The Morgan fingerprint density at radius 3 is 2.93 bits per heavy atom. The Labute approximate surface area is 176 Å². The Morgan fingerprint density at radius 1 is 1.39 bits per heavy atom. The van der Waals surface area contributed by atoms with Crippen LogP contribution >= 0.6 is 22.6 Å². The Balaban J connectivity index is 1.68. The van der Waals surface area contributed by atoms with Crippen molar-refractivity contribution >= 4 is 43.9 Å². The van der Waals surface area contributed by atoms with E-state index >= 15 is 0 Å². The topological polar surface area (TPSA) is 89.0 Å². The van der Waals surface area contributed by atoms with Crippen molar-refractivity contribution in [2.24, 2.45) is 11.8 Å². The van der Waals surface area contributed by atoms with E-state index in [4.69, 9.17) is 8.37 Å². The number of hydrogen-bond acceptors (Lipinski definition) is 7. The Morgan fingerprint density at radius 2 is 2.21 bits per heavy atom. The van der Waals surface area contributed by atoms with Gasteiger partial charge in [0, 0.05) is 18.2 Å². The van der Waals surface area contributed by atoms with Crippen molar-refractivity contribution in [2.75, 3.05) is 13.1 Å². The van der Waals surface area contributed by atoms with Crippen LogP contribution in [0.15, 0.2) is 30.9 Å². The van der Waals surface area contributed by atoms with Crippen LogP contribution in [0.3, 0.4) is 0 Å². The zero-order valence-corrected chi connectivity index (χ0v) is 17.9. The quantitative estimate of drug-likeness (QED) is 0.383. The summed E-state index contributed by atoms with van der Waals surface area (Å²) >= 11 is 1.94. The molecule has 1 aromatic heterocycles. The van der Waals surface area contributed by atoms with Crippen molar-refractivity contribution in [1.29, 1.82) is 0 Å². The third kappa shape index (κ3) is 2.82. The highest BCUT2D eigenvalue weighted by Crippen LogP contribution is 2.48. The number of aliphatic hydroxyl groups is 1. The van der Waals surface area contributed by atoms with Crippen LogP contribution in [0.4, 0.5) is 0 Å². The summed E-state index contributed by atoms with van der Waals surface area (Å²) in [4.78, 5) is 6.73. The second kappa shape index (κ2) is 6.54. The molecule has 3 fully saturated rings. The van der Waals surface area contributed by atoms with Crippen LogP contribution in [0.25, 0.3) is 10.9 Å². The van der Waals surface area contributed by atoms with Crippen molar-refractivity contribution in [3.05, 3.63) is 40.1 Å². The monoisotopic (exact) mass is 514 g/mol. The van der Waals surface area contributed by atoms with E-state index in [9.17, 15) is 13.5 Å². The van der Waals surface area contributed by atoms with Crippen molar-refractivity contribution in [2.45, 2.75) is 25.0 Å². The van der Waals surface area contributed by atoms with E-state index in [2.05, 4.69) is 16.5 Å². The zero-order valence-electron chi connectivity index (χ0n) is 14.9. The molecule has 5 heterocycles. The summed E-state index contributed by atoms with van der Waals surface area (Å²) in [5.41, 5.74) is 1.01. The van der Waals surface area contributed by atoms with Crippen LogP contribution in [-0.2, 0) is 10.4 Å². The zero-order chi connectivity index (χ0) is 19.6. The second-order valence-corrected chi connectivity index (χ2v) is 9.73. The molecule has 28 heavy (non-hydrogen) atoms.